The SMILES string of the molecule is CC(C)NC(=O)[C@@H](Cc1ccccc1)N(Cc1ccc(Cl)cc1)C(=O)CN(c1ccc2c(c1)OCO2)S(C)(=O)=O. The Hall–Kier alpha value is -3.76. The number of rotatable bonds is 11. The first-order valence-electron chi connectivity index (χ1n) is 12.8. The maximum Gasteiger partial charge on any atom is 0.244 e. The summed E-state index contributed by atoms with van der Waals surface area (Å²) in [4.78, 5) is 29.0. The van der Waals surface area contributed by atoms with Gasteiger partial charge in [0.15, 0.2) is 11.5 Å². The number of benzene rings is 3. The average Bonchev–Trinajstić information content (AvgIpc) is 3.38. The Labute approximate surface area is 239 Å². The Morgan fingerprint density at radius 3 is 2.27 bits per heavy atom. The molecular formula is C29H32ClN3O6S. The lowest BCUT2D eigenvalue weighted by Crippen LogP contribution is -2.54. The zero-order chi connectivity index (χ0) is 28.9. The molecule has 0 aromatic heterocycles. The van der Waals surface area contributed by atoms with E-state index in [-0.39, 0.29) is 37.4 Å². The highest BCUT2D eigenvalue weighted by Gasteiger charge is 2.33. The molecule has 4 rings (SSSR count). The third kappa shape index (κ3) is 7.45. The molecule has 0 aliphatic carbocycles. The van der Waals surface area contributed by atoms with Gasteiger partial charge in [-0.1, -0.05) is 54.1 Å². The van der Waals surface area contributed by atoms with Crippen LogP contribution in [-0.2, 0) is 32.6 Å². The van der Waals surface area contributed by atoms with Gasteiger partial charge in [0.05, 0.1) is 11.9 Å². The molecule has 2 amide bonds. The predicted molar refractivity (Wildman–Crippen MR) is 154 cm³/mol. The molecular weight excluding hydrogens is 554 g/mol. The molecule has 9 nitrogen and oxygen atoms in total. The van der Waals surface area contributed by atoms with Gasteiger partial charge in [-0.2, -0.15) is 0 Å². The Kier molecular flexibility index (Phi) is 9.21. The Bertz CT molecular complexity index is 1450. The minimum absolute atomic E-state index is 0.0254. The lowest BCUT2D eigenvalue weighted by molar-refractivity contribution is -0.140. The molecule has 1 N–H and O–H groups in total. The Morgan fingerprint density at radius 2 is 1.62 bits per heavy atom. The summed E-state index contributed by atoms with van der Waals surface area (Å²) >= 11 is 6.08. The quantitative estimate of drug-likeness (QED) is 0.365. The van der Waals surface area contributed by atoms with Crippen LogP contribution in [0.25, 0.3) is 0 Å². The summed E-state index contributed by atoms with van der Waals surface area (Å²) in [5.41, 5.74) is 1.84. The minimum Gasteiger partial charge on any atom is -0.454 e. The van der Waals surface area contributed by atoms with Crippen LogP contribution in [0.2, 0.25) is 5.02 Å². The van der Waals surface area contributed by atoms with E-state index in [1.54, 1.807) is 36.4 Å². The largest absolute Gasteiger partial charge is 0.454 e. The molecule has 0 bridgehead atoms. The smallest absolute Gasteiger partial charge is 0.244 e. The number of carbonyl (C=O) groups is 2. The van der Waals surface area contributed by atoms with Crippen LogP contribution in [0.1, 0.15) is 25.0 Å². The molecule has 3 aromatic carbocycles. The first kappa shape index (κ1) is 29.2. The number of fused-ring (bicyclic) bond motifs is 1. The highest BCUT2D eigenvalue weighted by atomic mass is 35.5. The molecule has 11 heteroatoms. The molecule has 1 aliphatic heterocycles. The number of nitrogens with one attached hydrogen (secondary N) is 1. The predicted octanol–water partition coefficient (Wildman–Crippen LogP) is 4.00. The summed E-state index contributed by atoms with van der Waals surface area (Å²) < 4.78 is 37.6. The third-order valence-electron chi connectivity index (χ3n) is 6.29. The fraction of sp³-hybridized carbons (Fsp3) is 0.310. The number of nitrogens with zero attached hydrogens (tertiary/aromatic N) is 2. The van der Waals surface area contributed by atoms with E-state index in [4.69, 9.17) is 21.1 Å². The summed E-state index contributed by atoms with van der Waals surface area (Å²) in [6, 6.07) is 19.9. The molecule has 0 radical (unpaired) electrons. The second-order valence-electron chi connectivity index (χ2n) is 9.82. The van der Waals surface area contributed by atoms with Crippen molar-refractivity contribution >= 4 is 39.1 Å². The van der Waals surface area contributed by atoms with E-state index in [0.29, 0.717) is 16.5 Å². The fourth-order valence-electron chi connectivity index (χ4n) is 4.38. The zero-order valence-corrected chi connectivity index (χ0v) is 24.1. The molecule has 0 saturated carbocycles. The Morgan fingerprint density at radius 1 is 0.950 bits per heavy atom. The molecule has 0 fully saturated rings. The average molecular weight is 586 g/mol. The lowest BCUT2D eigenvalue weighted by Gasteiger charge is -2.34. The van der Waals surface area contributed by atoms with Crippen LogP contribution in [0, 0.1) is 0 Å². The van der Waals surface area contributed by atoms with E-state index in [9.17, 15) is 18.0 Å². The third-order valence-corrected chi connectivity index (χ3v) is 7.68. The molecule has 3 aromatic rings. The van der Waals surface area contributed by atoms with Crippen molar-refractivity contribution in [2.24, 2.45) is 0 Å². The Balaban J connectivity index is 1.72. The maximum absolute atomic E-state index is 14.1. The van der Waals surface area contributed by atoms with Gasteiger partial charge in [0.25, 0.3) is 0 Å². The van der Waals surface area contributed by atoms with E-state index >= 15 is 0 Å². The van der Waals surface area contributed by atoms with Gasteiger partial charge in [-0.15, -0.1) is 0 Å². The highest BCUT2D eigenvalue weighted by Crippen LogP contribution is 2.36. The van der Waals surface area contributed by atoms with E-state index < -0.39 is 28.5 Å². The van der Waals surface area contributed by atoms with E-state index in [1.807, 2.05) is 44.2 Å². The molecule has 1 aliphatic rings. The van der Waals surface area contributed by atoms with Crippen LogP contribution in [0.3, 0.4) is 0 Å². The van der Waals surface area contributed by atoms with Crippen molar-refractivity contribution in [1.29, 1.82) is 0 Å². The number of hydrogen-bond donors (Lipinski definition) is 1. The van der Waals surface area contributed by atoms with Gasteiger partial charge >= 0.3 is 0 Å². The van der Waals surface area contributed by atoms with Crippen LogP contribution in [0.15, 0.2) is 72.8 Å². The molecule has 40 heavy (non-hydrogen) atoms. The van der Waals surface area contributed by atoms with E-state index in [1.165, 1.54) is 11.0 Å². The lowest BCUT2D eigenvalue weighted by atomic mass is 10.0. The summed E-state index contributed by atoms with van der Waals surface area (Å²) in [5, 5.41) is 3.45. The normalized spacial score (nSPS) is 13.1. The van der Waals surface area contributed by atoms with E-state index in [2.05, 4.69) is 5.32 Å². The summed E-state index contributed by atoms with van der Waals surface area (Å²) in [6.45, 7) is 3.25. The number of carbonyl (C=O) groups excluding carboxylic acids is 2. The fourth-order valence-corrected chi connectivity index (χ4v) is 5.34. The van der Waals surface area contributed by atoms with Crippen molar-refractivity contribution in [1.82, 2.24) is 10.2 Å². The first-order valence-corrected chi connectivity index (χ1v) is 15.0. The van der Waals surface area contributed by atoms with Crippen molar-refractivity contribution in [2.75, 3.05) is 23.9 Å². The number of ether oxygens (including phenoxy) is 2. The van der Waals surface area contributed by atoms with Gasteiger partial charge in [-0.25, -0.2) is 8.42 Å². The number of anilines is 1. The second-order valence-corrected chi connectivity index (χ2v) is 12.2. The number of hydrogen-bond acceptors (Lipinski definition) is 6. The monoisotopic (exact) mass is 585 g/mol. The number of amides is 2. The zero-order valence-electron chi connectivity index (χ0n) is 22.5. The second kappa shape index (κ2) is 12.6. The standard InChI is InChI=1S/C29H32ClN3O6S/c1-20(2)31-29(35)25(15-21-7-5-4-6-8-21)32(17-22-9-11-23(30)12-10-22)28(34)18-33(40(3,36)37)24-13-14-26-27(16-24)39-19-38-26/h4-14,16,20,25H,15,17-19H2,1-3H3,(H,31,35)/t25-/m1/s1. The summed E-state index contributed by atoms with van der Waals surface area (Å²) in [5.74, 6) is -0.0101. The van der Waals surface area contributed by atoms with Crippen molar-refractivity contribution in [3.05, 3.63) is 88.9 Å². The molecule has 1 atom stereocenters. The first-order chi connectivity index (χ1) is 19.0. The summed E-state index contributed by atoms with van der Waals surface area (Å²) in [6.07, 6.45) is 1.27. The maximum atomic E-state index is 14.1. The highest BCUT2D eigenvalue weighted by molar-refractivity contribution is 7.92. The van der Waals surface area contributed by atoms with Crippen molar-refractivity contribution < 1.29 is 27.5 Å². The van der Waals surface area contributed by atoms with Gasteiger partial charge in [0.1, 0.15) is 12.6 Å². The van der Waals surface area contributed by atoms with Gasteiger partial charge in [0.2, 0.25) is 28.6 Å². The van der Waals surface area contributed by atoms with Gasteiger partial charge < -0.3 is 19.7 Å². The molecule has 1 heterocycles. The molecule has 0 spiro atoms. The van der Waals surface area contributed by atoms with Crippen molar-refractivity contribution in [3.8, 4) is 11.5 Å². The van der Waals surface area contributed by atoms with Gasteiger partial charge in [0, 0.05) is 30.1 Å². The van der Waals surface area contributed by atoms with E-state index in [0.717, 1.165) is 21.7 Å². The van der Waals surface area contributed by atoms with Crippen molar-refractivity contribution in [3.63, 3.8) is 0 Å². The van der Waals surface area contributed by atoms with Crippen LogP contribution in [-0.4, -0.2) is 56.8 Å². The van der Waals surface area contributed by atoms with Crippen LogP contribution < -0.4 is 19.1 Å². The topological polar surface area (TPSA) is 105 Å². The van der Waals surface area contributed by atoms with Crippen LogP contribution in [0.4, 0.5) is 5.69 Å². The molecule has 0 saturated heterocycles. The number of halogens is 1. The van der Waals surface area contributed by atoms with Gasteiger partial charge in [-0.3, -0.25) is 13.9 Å². The van der Waals surface area contributed by atoms with Crippen LogP contribution in [0.5, 0.6) is 11.5 Å². The van der Waals surface area contributed by atoms with Gasteiger partial charge in [-0.05, 0) is 49.2 Å². The van der Waals surface area contributed by atoms with Crippen molar-refractivity contribution in [2.45, 2.75) is 38.9 Å². The summed E-state index contributed by atoms with van der Waals surface area (Å²) in [7, 11) is -3.89. The molecule has 212 valence electrons. The molecule has 0 unspecified atom stereocenters. The van der Waals surface area contributed by atoms with Crippen LogP contribution >= 0.6 is 11.6 Å². The minimum atomic E-state index is -3.89. The number of sulfonamides is 1.